The predicted molar refractivity (Wildman–Crippen MR) is 39.2 cm³/mol. The first-order valence-corrected chi connectivity index (χ1v) is 3.12. The van der Waals surface area contributed by atoms with Crippen molar-refractivity contribution in [3.63, 3.8) is 0 Å². The first-order valence-electron chi connectivity index (χ1n) is 3.12. The van der Waals surface area contributed by atoms with Crippen molar-refractivity contribution in [2.75, 3.05) is 13.1 Å². The van der Waals surface area contributed by atoms with Crippen molar-refractivity contribution in [3.05, 3.63) is 0 Å². The maximum Gasteiger partial charge on any atom is 0 e. The second-order valence-corrected chi connectivity index (χ2v) is 1.71. The molecule has 1 N–H and O–H groups in total. The summed E-state index contributed by atoms with van der Waals surface area (Å²) in [5.74, 6) is 0. The van der Waals surface area contributed by atoms with Crippen molar-refractivity contribution < 1.29 is 0 Å². The van der Waals surface area contributed by atoms with Crippen LogP contribution in [0.2, 0.25) is 0 Å². The fourth-order valence-corrected chi connectivity index (χ4v) is 0.479. The molecule has 0 spiro atoms. The van der Waals surface area contributed by atoms with Crippen LogP contribution in [0.15, 0.2) is 0 Å². The Morgan fingerprint density at radius 3 is 2.25 bits per heavy atom. The van der Waals surface area contributed by atoms with Gasteiger partial charge >= 0.3 is 0 Å². The first-order chi connectivity index (χ1) is 3.41. The van der Waals surface area contributed by atoms with Crippen molar-refractivity contribution >= 4 is 18.9 Å². The van der Waals surface area contributed by atoms with Gasteiger partial charge in [-0.2, -0.15) is 0 Å². The Labute approximate surface area is 64.4 Å². The number of nitrogens with one attached hydrogen (secondary N) is 1. The van der Waals surface area contributed by atoms with Crippen LogP contribution in [0.3, 0.4) is 0 Å². The molecule has 1 nitrogen and oxygen atoms in total. The van der Waals surface area contributed by atoms with Crippen molar-refractivity contribution in [1.29, 1.82) is 0 Å². The maximum atomic E-state index is 3.25. The topological polar surface area (TPSA) is 12.0 Å². The largest absolute Gasteiger partial charge is 0.317 e. The molecule has 0 amide bonds. The van der Waals surface area contributed by atoms with E-state index in [4.69, 9.17) is 0 Å². The quantitative estimate of drug-likeness (QED) is 0.418. The van der Waals surface area contributed by atoms with E-state index in [2.05, 4.69) is 19.2 Å². The van der Waals surface area contributed by atoms with E-state index < -0.39 is 0 Å². The molecule has 0 fully saturated rings. The molecular weight excluding hydrogens is 93.0 g/mol. The molecule has 45 valence electrons. The van der Waals surface area contributed by atoms with Crippen molar-refractivity contribution in [2.45, 2.75) is 26.7 Å². The third kappa shape index (κ3) is 9.75. The Bertz CT molecular complexity index is 27.7. The molecule has 2 heteroatoms. The average molecular weight is 108 g/mol. The second-order valence-electron chi connectivity index (χ2n) is 1.71. The molecule has 0 atom stereocenters. The van der Waals surface area contributed by atoms with E-state index in [1.807, 2.05) is 0 Å². The molecule has 0 aromatic carbocycles. The number of hydrogen-bond donors (Lipinski definition) is 1. The van der Waals surface area contributed by atoms with Gasteiger partial charge in [-0.05, 0) is 19.5 Å². The molecule has 0 aromatic rings. The first kappa shape index (κ1) is 11.4. The van der Waals surface area contributed by atoms with Crippen molar-refractivity contribution in [3.8, 4) is 0 Å². The summed E-state index contributed by atoms with van der Waals surface area (Å²) in [6, 6.07) is 0. The summed E-state index contributed by atoms with van der Waals surface area (Å²) in [6.45, 7) is 6.64. The van der Waals surface area contributed by atoms with Gasteiger partial charge in [-0.1, -0.05) is 20.3 Å². The molecule has 0 bridgehead atoms. The summed E-state index contributed by atoms with van der Waals surface area (Å²) in [6.07, 6.45) is 2.61. The Kier molecular flexibility index (Phi) is 14.9. The third-order valence-corrected chi connectivity index (χ3v) is 0.957. The van der Waals surface area contributed by atoms with Crippen LogP contribution in [-0.4, -0.2) is 32.0 Å². The maximum absolute atomic E-state index is 3.25. The molecule has 0 aliphatic rings. The molecule has 8 heavy (non-hydrogen) atoms. The van der Waals surface area contributed by atoms with E-state index >= 15 is 0 Å². The van der Waals surface area contributed by atoms with Crippen LogP contribution in [-0.2, 0) is 0 Å². The van der Waals surface area contributed by atoms with Gasteiger partial charge in [0.2, 0.25) is 0 Å². The Morgan fingerprint density at radius 2 is 1.88 bits per heavy atom. The van der Waals surface area contributed by atoms with Crippen LogP contribution in [0.4, 0.5) is 0 Å². The van der Waals surface area contributed by atoms with Gasteiger partial charge in [0.15, 0.2) is 0 Å². The Balaban J connectivity index is 0. The fraction of sp³-hybridized carbons (Fsp3) is 1.00. The van der Waals surface area contributed by atoms with Crippen LogP contribution in [0.5, 0.6) is 0 Å². The summed E-state index contributed by atoms with van der Waals surface area (Å²) in [4.78, 5) is 0. The smallest absolute Gasteiger partial charge is 0 e. The molecule has 0 saturated carbocycles. The molecule has 1 radical (unpaired) electrons. The van der Waals surface area contributed by atoms with Crippen LogP contribution >= 0.6 is 0 Å². The van der Waals surface area contributed by atoms with E-state index in [0.29, 0.717) is 0 Å². The second kappa shape index (κ2) is 10.5. The summed E-state index contributed by atoms with van der Waals surface area (Å²) in [5.41, 5.74) is 0. The van der Waals surface area contributed by atoms with Gasteiger partial charge in [-0.3, -0.25) is 0 Å². The SMILES string of the molecule is CCCCNCC.[Li]. The van der Waals surface area contributed by atoms with Crippen molar-refractivity contribution in [2.24, 2.45) is 0 Å². The van der Waals surface area contributed by atoms with Gasteiger partial charge < -0.3 is 5.32 Å². The zero-order valence-electron chi connectivity index (χ0n) is 6.33. The standard InChI is InChI=1S/C6H15N.Li/c1-3-5-6-7-4-2;/h7H,3-6H2,1-2H3;. The summed E-state index contributed by atoms with van der Waals surface area (Å²) in [5, 5.41) is 3.25. The molecule has 0 saturated heterocycles. The molecular formula is C6H15LiN. The van der Waals surface area contributed by atoms with Gasteiger partial charge in [-0.25, -0.2) is 0 Å². The Hall–Kier alpha value is 0.557. The van der Waals surface area contributed by atoms with E-state index in [9.17, 15) is 0 Å². The van der Waals surface area contributed by atoms with Gasteiger partial charge in [-0.15, -0.1) is 0 Å². The van der Waals surface area contributed by atoms with Crippen LogP contribution < -0.4 is 5.32 Å². The minimum Gasteiger partial charge on any atom is -0.317 e. The predicted octanol–water partition coefficient (Wildman–Crippen LogP) is 1.02. The molecule has 0 aromatic heterocycles. The Morgan fingerprint density at radius 1 is 1.25 bits per heavy atom. The average Bonchev–Trinajstić information content (AvgIpc) is 1.69. The fourth-order valence-electron chi connectivity index (χ4n) is 0.479. The monoisotopic (exact) mass is 108 g/mol. The van der Waals surface area contributed by atoms with Crippen LogP contribution in [0.1, 0.15) is 26.7 Å². The van der Waals surface area contributed by atoms with E-state index in [1.54, 1.807) is 0 Å². The number of unbranched alkanes of at least 4 members (excludes halogenated alkanes) is 1. The van der Waals surface area contributed by atoms with E-state index in [-0.39, 0.29) is 18.9 Å². The summed E-state index contributed by atoms with van der Waals surface area (Å²) in [7, 11) is 0. The van der Waals surface area contributed by atoms with E-state index in [1.165, 1.54) is 19.4 Å². The molecule has 0 heterocycles. The third-order valence-electron chi connectivity index (χ3n) is 0.957. The number of rotatable bonds is 4. The van der Waals surface area contributed by atoms with Gasteiger partial charge in [0.25, 0.3) is 0 Å². The molecule has 0 unspecified atom stereocenters. The van der Waals surface area contributed by atoms with Crippen LogP contribution in [0, 0.1) is 0 Å². The van der Waals surface area contributed by atoms with E-state index in [0.717, 1.165) is 6.54 Å². The zero-order valence-corrected chi connectivity index (χ0v) is 6.33. The van der Waals surface area contributed by atoms with Crippen molar-refractivity contribution in [1.82, 2.24) is 5.32 Å². The van der Waals surface area contributed by atoms with Crippen LogP contribution in [0.25, 0.3) is 0 Å². The van der Waals surface area contributed by atoms with Gasteiger partial charge in [0, 0.05) is 18.9 Å². The molecule has 0 aliphatic carbocycles. The summed E-state index contributed by atoms with van der Waals surface area (Å²) >= 11 is 0. The summed E-state index contributed by atoms with van der Waals surface area (Å²) < 4.78 is 0. The van der Waals surface area contributed by atoms with Gasteiger partial charge in [0.05, 0.1) is 0 Å². The number of hydrogen-bond acceptors (Lipinski definition) is 1. The van der Waals surface area contributed by atoms with Gasteiger partial charge in [0.1, 0.15) is 0 Å². The zero-order chi connectivity index (χ0) is 5.54. The molecule has 0 rings (SSSR count). The molecule has 0 aliphatic heterocycles. The minimum atomic E-state index is 0. The minimum absolute atomic E-state index is 0. The normalized spacial score (nSPS) is 8.25.